The number of hydrogen-bond acceptors (Lipinski definition) is 4. The molecule has 7 nitrogen and oxygen atoms in total. The minimum atomic E-state index is -3.45. The molecule has 4 rings (SSSR count). The van der Waals surface area contributed by atoms with Crippen LogP contribution >= 0.6 is 0 Å². The van der Waals surface area contributed by atoms with Gasteiger partial charge in [-0.25, -0.2) is 8.42 Å². The number of piperidine rings is 1. The number of nitrogens with zero attached hydrogens (tertiary/aromatic N) is 3. The molecule has 2 aliphatic heterocycles. The van der Waals surface area contributed by atoms with Crippen molar-refractivity contribution in [2.75, 3.05) is 39.3 Å². The van der Waals surface area contributed by atoms with Crippen LogP contribution in [0.3, 0.4) is 0 Å². The minimum Gasteiger partial charge on any atom is -0.339 e. The van der Waals surface area contributed by atoms with Gasteiger partial charge in [-0.05, 0) is 49.3 Å². The lowest BCUT2D eigenvalue weighted by Crippen LogP contribution is -2.51. The van der Waals surface area contributed by atoms with Crippen LogP contribution in [0, 0.1) is 5.92 Å². The average Bonchev–Trinajstić information content (AvgIpc) is 3.33. The summed E-state index contributed by atoms with van der Waals surface area (Å²) in [4.78, 5) is 29.3. The van der Waals surface area contributed by atoms with Gasteiger partial charge in [0, 0.05) is 45.7 Å². The van der Waals surface area contributed by atoms with Crippen molar-refractivity contribution < 1.29 is 18.0 Å². The van der Waals surface area contributed by atoms with Gasteiger partial charge in [0.1, 0.15) is 0 Å². The van der Waals surface area contributed by atoms with Crippen molar-refractivity contribution in [3.63, 3.8) is 0 Å². The zero-order chi connectivity index (χ0) is 22.6. The third-order valence-corrected chi connectivity index (χ3v) is 9.07. The number of sulfonamides is 1. The fraction of sp³-hybridized carbons (Fsp3) is 0.667. The first-order valence-corrected chi connectivity index (χ1v) is 13.5. The molecular weight excluding hydrogens is 426 g/mol. The topological polar surface area (TPSA) is 78.0 Å². The summed E-state index contributed by atoms with van der Waals surface area (Å²) in [5, 5.41) is 0. The molecule has 1 saturated carbocycles. The fourth-order valence-corrected chi connectivity index (χ4v) is 6.63. The maximum Gasteiger partial charge on any atom is 0.243 e. The largest absolute Gasteiger partial charge is 0.339 e. The van der Waals surface area contributed by atoms with E-state index in [1.54, 1.807) is 28.6 Å². The van der Waals surface area contributed by atoms with E-state index in [4.69, 9.17) is 0 Å². The highest BCUT2D eigenvalue weighted by Gasteiger charge is 2.28. The van der Waals surface area contributed by atoms with Gasteiger partial charge in [-0.2, -0.15) is 4.31 Å². The molecule has 3 fully saturated rings. The Hall–Kier alpha value is -1.93. The lowest BCUT2D eigenvalue weighted by molar-refractivity contribution is -0.139. The van der Waals surface area contributed by atoms with E-state index in [0.29, 0.717) is 56.5 Å². The first-order chi connectivity index (χ1) is 15.4. The van der Waals surface area contributed by atoms with Crippen LogP contribution in [0.5, 0.6) is 0 Å². The predicted molar refractivity (Wildman–Crippen MR) is 122 cm³/mol. The summed E-state index contributed by atoms with van der Waals surface area (Å²) in [6, 6.07) is 6.73. The molecule has 2 saturated heterocycles. The number of piperazine rings is 1. The van der Waals surface area contributed by atoms with Gasteiger partial charge in [-0.1, -0.05) is 31.4 Å². The summed E-state index contributed by atoms with van der Waals surface area (Å²) in [6.07, 6.45) is 8.62. The molecular formula is C24H35N3O4S. The Morgan fingerprint density at radius 1 is 0.750 bits per heavy atom. The van der Waals surface area contributed by atoms with E-state index in [9.17, 15) is 18.0 Å². The van der Waals surface area contributed by atoms with E-state index in [-0.39, 0.29) is 18.2 Å². The van der Waals surface area contributed by atoms with E-state index in [1.807, 2.05) is 9.80 Å². The molecule has 1 aliphatic carbocycles. The van der Waals surface area contributed by atoms with Crippen molar-refractivity contribution in [2.24, 2.45) is 5.92 Å². The van der Waals surface area contributed by atoms with Gasteiger partial charge in [-0.15, -0.1) is 0 Å². The SMILES string of the molecule is O=C(Cc1ccc(S(=O)(=O)N2CCCCC2)cc1)N1CCN(C(=O)CC2CCCC2)CC1. The van der Waals surface area contributed by atoms with Gasteiger partial charge < -0.3 is 9.80 Å². The maximum absolute atomic E-state index is 12.8. The van der Waals surface area contributed by atoms with Crippen molar-refractivity contribution in [3.8, 4) is 0 Å². The quantitative estimate of drug-likeness (QED) is 0.653. The first kappa shape index (κ1) is 23.2. The molecule has 0 N–H and O–H groups in total. The maximum atomic E-state index is 12.8. The van der Waals surface area contributed by atoms with Gasteiger partial charge in [-0.3, -0.25) is 9.59 Å². The van der Waals surface area contributed by atoms with Gasteiger partial charge in [0.05, 0.1) is 11.3 Å². The van der Waals surface area contributed by atoms with Crippen LogP contribution in [0.15, 0.2) is 29.2 Å². The molecule has 176 valence electrons. The molecule has 1 aromatic rings. The Balaban J connectivity index is 1.26. The average molecular weight is 462 g/mol. The minimum absolute atomic E-state index is 0.0273. The summed E-state index contributed by atoms with van der Waals surface area (Å²) >= 11 is 0. The molecule has 0 radical (unpaired) electrons. The van der Waals surface area contributed by atoms with Crippen LogP contribution in [0.2, 0.25) is 0 Å². The third-order valence-electron chi connectivity index (χ3n) is 7.15. The van der Waals surface area contributed by atoms with Crippen LogP contribution in [0.25, 0.3) is 0 Å². The third kappa shape index (κ3) is 5.52. The van der Waals surface area contributed by atoms with E-state index in [1.165, 1.54) is 25.7 Å². The van der Waals surface area contributed by atoms with Crippen molar-refractivity contribution in [1.29, 1.82) is 0 Å². The zero-order valence-electron chi connectivity index (χ0n) is 18.9. The number of hydrogen-bond donors (Lipinski definition) is 0. The smallest absolute Gasteiger partial charge is 0.243 e. The van der Waals surface area contributed by atoms with Crippen LogP contribution < -0.4 is 0 Å². The Labute approximate surface area is 191 Å². The fourth-order valence-electron chi connectivity index (χ4n) is 5.12. The number of rotatable bonds is 6. The molecule has 0 aromatic heterocycles. The van der Waals surface area contributed by atoms with Crippen LogP contribution in [-0.2, 0) is 26.0 Å². The molecule has 0 atom stereocenters. The van der Waals surface area contributed by atoms with Gasteiger partial charge in [0.15, 0.2) is 0 Å². The second-order valence-corrected chi connectivity index (χ2v) is 11.3. The number of benzene rings is 1. The van der Waals surface area contributed by atoms with Crippen molar-refractivity contribution in [1.82, 2.24) is 14.1 Å². The summed E-state index contributed by atoms with van der Waals surface area (Å²) in [7, 11) is -3.45. The first-order valence-electron chi connectivity index (χ1n) is 12.1. The van der Waals surface area contributed by atoms with Crippen LogP contribution in [0.4, 0.5) is 0 Å². The highest BCUT2D eigenvalue weighted by Crippen LogP contribution is 2.28. The standard InChI is InChI=1S/C24H35N3O4S/c28-23(18-20-6-2-3-7-20)25-14-16-26(17-15-25)24(29)19-21-8-10-22(11-9-21)32(30,31)27-12-4-1-5-13-27/h8-11,20H,1-7,12-19H2. The second kappa shape index (κ2) is 10.3. The molecule has 8 heteroatoms. The molecule has 32 heavy (non-hydrogen) atoms. The van der Waals surface area contributed by atoms with Crippen molar-refractivity contribution >= 4 is 21.8 Å². The molecule has 1 aromatic carbocycles. The number of carbonyl (C=O) groups is 2. The highest BCUT2D eigenvalue weighted by molar-refractivity contribution is 7.89. The Morgan fingerprint density at radius 2 is 1.31 bits per heavy atom. The van der Waals surface area contributed by atoms with Crippen molar-refractivity contribution in [2.45, 2.75) is 62.7 Å². The molecule has 2 heterocycles. The van der Waals surface area contributed by atoms with Gasteiger partial charge in [0.25, 0.3) is 0 Å². The van der Waals surface area contributed by atoms with Crippen LogP contribution in [-0.4, -0.2) is 73.6 Å². The Bertz CT molecular complexity index is 896. The number of carbonyl (C=O) groups excluding carboxylic acids is 2. The van der Waals surface area contributed by atoms with Crippen LogP contribution in [0.1, 0.15) is 56.9 Å². The summed E-state index contributed by atoms with van der Waals surface area (Å²) in [6.45, 7) is 3.50. The zero-order valence-corrected chi connectivity index (χ0v) is 19.7. The lowest BCUT2D eigenvalue weighted by atomic mass is 10.0. The molecule has 0 unspecified atom stereocenters. The molecule has 0 spiro atoms. The van der Waals surface area contributed by atoms with Gasteiger partial charge in [0.2, 0.25) is 21.8 Å². The van der Waals surface area contributed by atoms with E-state index < -0.39 is 10.0 Å². The monoisotopic (exact) mass is 461 g/mol. The lowest BCUT2D eigenvalue weighted by Gasteiger charge is -2.35. The Morgan fingerprint density at radius 3 is 1.91 bits per heavy atom. The van der Waals surface area contributed by atoms with Gasteiger partial charge >= 0.3 is 0 Å². The number of amides is 2. The normalized spacial score (nSPS) is 21.1. The summed E-state index contributed by atoms with van der Waals surface area (Å²) in [5.74, 6) is 0.804. The van der Waals surface area contributed by atoms with Crippen molar-refractivity contribution in [3.05, 3.63) is 29.8 Å². The summed E-state index contributed by atoms with van der Waals surface area (Å²) in [5.41, 5.74) is 0.812. The summed E-state index contributed by atoms with van der Waals surface area (Å²) < 4.78 is 27.1. The molecule has 2 amide bonds. The predicted octanol–water partition coefficient (Wildman–Crippen LogP) is 2.65. The molecule has 3 aliphatic rings. The van der Waals surface area contributed by atoms with E-state index in [0.717, 1.165) is 24.8 Å². The second-order valence-electron chi connectivity index (χ2n) is 9.40. The van der Waals surface area contributed by atoms with E-state index >= 15 is 0 Å². The molecule has 0 bridgehead atoms. The van der Waals surface area contributed by atoms with E-state index in [2.05, 4.69) is 0 Å². The Kier molecular flexibility index (Phi) is 7.51. The highest BCUT2D eigenvalue weighted by atomic mass is 32.2.